The summed E-state index contributed by atoms with van der Waals surface area (Å²) >= 11 is 0. The van der Waals surface area contributed by atoms with E-state index in [2.05, 4.69) is 18.2 Å². The van der Waals surface area contributed by atoms with Crippen LogP contribution in [-0.2, 0) is 23.1 Å². The normalized spacial score (nSPS) is 22.1. The summed E-state index contributed by atoms with van der Waals surface area (Å²) < 4.78 is 0. The summed E-state index contributed by atoms with van der Waals surface area (Å²) in [6.45, 7) is 0. The van der Waals surface area contributed by atoms with Gasteiger partial charge in [0.2, 0.25) is 0 Å². The van der Waals surface area contributed by atoms with Crippen LogP contribution in [-0.4, -0.2) is 6.29 Å². The summed E-state index contributed by atoms with van der Waals surface area (Å²) in [5, 5.41) is 0. The number of carbonyl (C=O) groups is 1. The largest absolute Gasteiger partial charge is 0.302 e. The first-order valence-electron chi connectivity index (χ1n) is 6.93. The summed E-state index contributed by atoms with van der Waals surface area (Å²) in [5.74, 6) is 0. The van der Waals surface area contributed by atoms with Gasteiger partial charge in [0.15, 0.2) is 0 Å². The molecule has 0 atom stereocenters. The van der Waals surface area contributed by atoms with Crippen molar-refractivity contribution in [2.24, 2.45) is 0 Å². The number of aryl methyl sites for hydroxylation is 1. The molecule has 1 nitrogen and oxygen atoms in total. The van der Waals surface area contributed by atoms with Crippen molar-refractivity contribution in [3.05, 3.63) is 34.9 Å². The van der Waals surface area contributed by atoms with Gasteiger partial charge in [-0.25, -0.2) is 0 Å². The minimum Gasteiger partial charge on any atom is -0.302 e. The van der Waals surface area contributed by atoms with Crippen LogP contribution in [0.5, 0.6) is 0 Å². The lowest BCUT2D eigenvalue weighted by atomic mass is 9.74. The van der Waals surface area contributed by atoms with E-state index in [1.54, 1.807) is 0 Å². The first-order valence-corrected chi connectivity index (χ1v) is 6.93. The van der Waals surface area contributed by atoms with Crippen LogP contribution >= 0.6 is 0 Å². The van der Waals surface area contributed by atoms with Crippen molar-refractivity contribution < 1.29 is 4.79 Å². The van der Waals surface area contributed by atoms with Gasteiger partial charge in [-0.2, -0.15) is 0 Å². The highest BCUT2D eigenvalue weighted by molar-refractivity contribution is 5.70. The summed E-state index contributed by atoms with van der Waals surface area (Å²) in [7, 11) is 0. The minimum absolute atomic E-state index is 0.136. The van der Waals surface area contributed by atoms with Gasteiger partial charge in [-0.05, 0) is 55.2 Å². The molecule has 0 amide bonds. The zero-order valence-corrected chi connectivity index (χ0v) is 10.4. The topological polar surface area (TPSA) is 17.1 Å². The lowest BCUT2D eigenvalue weighted by Gasteiger charge is -2.29. The molecule has 2 aliphatic rings. The minimum atomic E-state index is -0.136. The summed E-state index contributed by atoms with van der Waals surface area (Å²) in [6, 6.07) is 6.62. The van der Waals surface area contributed by atoms with Gasteiger partial charge in [-0.1, -0.05) is 31.0 Å². The van der Waals surface area contributed by atoms with Gasteiger partial charge in [0.1, 0.15) is 6.29 Å². The van der Waals surface area contributed by atoms with Crippen LogP contribution in [0, 0.1) is 0 Å². The van der Waals surface area contributed by atoms with Crippen LogP contribution in [0.15, 0.2) is 18.2 Å². The molecule has 0 aliphatic heterocycles. The van der Waals surface area contributed by atoms with Crippen LogP contribution in [0.25, 0.3) is 0 Å². The maximum atomic E-state index is 11.6. The molecule has 2 aliphatic carbocycles. The first kappa shape index (κ1) is 11.0. The SMILES string of the molecule is O=CC1(c2cccc3c2CCCC3)CCCC1. The van der Waals surface area contributed by atoms with Crippen LogP contribution in [0.1, 0.15) is 55.2 Å². The fraction of sp³-hybridized carbons (Fsp3) is 0.562. The van der Waals surface area contributed by atoms with Crippen molar-refractivity contribution >= 4 is 6.29 Å². The van der Waals surface area contributed by atoms with Gasteiger partial charge in [-0.15, -0.1) is 0 Å². The summed E-state index contributed by atoms with van der Waals surface area (Å²) in [4.78, 5) is 11.6. The lowest BCUT2D eigenvalue weighted by Crippen LogP contribution is -2.26. The Morgan fingerprint density at radius 2 is 1.76 bits per heavy atom. The molecule has 0 N–H and O–H groups in total. The first-order chi connectivity index (χ1) is 8.36. The van der Waals surface area contributed by atoms with Gasteiger partial charge < -0.3 is 4.79 Å². The quantitative estimate of drug-likeness (QED) is 0.707. The van der Waals surface area contributed by atoms with E-state index in [1.807, 2.05) is 0 Å². The zero-order valence-electron chi connectivity index (χ0n) is 10.4. The highest BCUT2D eigenvalue weighted by Gasteiger charge is 2.37. The lowest BCUT2D eigenvalue weighted by molar-refractivity contribution is -0.112. The van der Waals surface area contributed by atoms with Crippen molar-refractivity contribution in [2.75, 3.05) is 0 Å². The molecule has 0 bridgehead atoms. The number of fused-ring (bicyclic) bond motifs is 1. The molecule has 0 heterocycles. The molecule has 0 spiro atoms. The molecule has 0 unspecified atom stereocenters. The third-order valence-electron chi connectivity index (χ3n) is 4.65. The van der Waals surface area contributed by atoms with Crippen LogP contribution in [0.3, 0.4) is 0 Å². The predicted molar refractivity (Wildman–Crippen MR) is 69.3 cm³/mol. The fourth-order valence-corrected chi connectivity index (χ4v) is 3.70. The maximum Gasteiger partial charge on any atom is 0.130 e. The van der Waals surface area contributed by atoms with Crippen molar-refractivity contribution in [1.29, 1.82) is 0 Å². The Morgan fingerprint density at radius 1 is 1.00 bits per heavy atom. The van der Waals surface area contributed by atoms with E-state index in [4.69, 9.17) is 0 Å². The van der Waals surface area contributed by atoms with E-state index in [9.17, 15) is 4.79 Å². The highest BCUT2D eigenvalue weighted by atomic mass is 16.1. The fourth-order valence-electron chi connectivity index (χ4n) is 3.70. The number of benzene rings is 1. The molecule has 1 aromatic carbocycles. The van der Waals surface area contributed by atoms with E-state index in [0.717, 1.165) is 12.8 Å². The van der Waals surface area contributed by atoms with Gasteiger partial charge >= 0.3 is 0 Å². The third-order valence-corrected chi connectivity index (χ3v) is 4.65. The van der Waals surface area contributed by atoms with Crippen LogP contribution in [0.4, 0.5) is 0 Å². The second kappa shape index (κ2) is 4.29. The molecule has 3 rings (SSSR count). The maximum absolute atomic E-state index is 11.6. The Balaban J connectivity index is 2.10. The van der Waals surface area contributed by atoms with E-state index in [0.29, 0.717) is 0 Å². The van der Waals surface area contributed by atoms with Crippen molar-refractivity contribution in [1.82, 2.24) is 0 Å². The molecule has 1 saturated carbocycles. The molecular weight excluding hydrogens is 208 g/mol. The number of carbonyl (C=O) groups excluding carboxylic acids is 1. The van der Waals surface area contributed by atoms with Crippen LogP contribution < -0.4 is 0 Å². The monoisotopic (exact) mass is 228 g/mol. The van der Waals surface area contributed by atoms with Crippen LogP contribution in [0.2, 0.25) is 0 Å². The Labute approximate surface area is 103 Å². The Morgan fingerprint density at radius 3 is 2.53 bits per heavy atom. The van der Waals surface area contributed by atoms with Crippen molar-refractivity contribution in [3.8, 4) is 0 Å². The summed E-state index contributed by atoms with van der Waals surface area (Å²) in [6.07, 6.45) is 10.8. The average molecular weight is 228 g/mol. The summed E-state index contributed by atoms with van der Waals surface area (Å²) in [5.41, 5.74) is 4.24. The molecular formula is C16H20O. The van der Waals surface area contributed by atoms with Gasteiger partial charge in [0.05, 0.1) is 5.41 Å². The number of rotatable bonds is 2. The van der Waals surface area contributed by atoms with Gasteiger partial charge in [0, 0.05) is 0 Å². The molecule has 1 aromatic rings. The molecule has 1 fully saturated rings. The van der Waals surface area contributed by atoms with E-state index >= 15 is 0 Å². The number of aldehydes is 1. The number of hydrogen-bond acceptors (Lipinski definition) is 1. The van der Waals surface area contributed by atoms with E-state index < -0.39 is 0 Å². The molecule has 0 aromatic heterocycles. The second-order valence-electron chi connectivity index (χ2n) is 5.63. The average Bonchev–Trinajstić information content (AvgIpc) is 2.88. The van der Waals surface area contributed by atoms with Crippen molar-refractivity contribution in [2.45, 2.75) is 56.8 Å². The van der Waals surface area contributed by atoms with Gasteiger partial charge in [0.25, 0.3) is 0 Å². The number of hydrogen-bond donors (Lipinski definition) is 0. The standard InChI is InChI=1S/C16H20O/c17-12-16(10-3-4-11-16)15-9-5-7-13-6-1-2-8-14(13)15/h5,7,9,12H,1-4,6,8,10-11H2. The zero-order chi connectivity index (χ0) is 11.7. The van der Waals surface area contributed by atoms with E-state index in [-0.39, 0.29) is 5.41 Å². The third kappa shape index (κ3) is 1.72. The Bertz CT molecular complexity index is 427. The highest BCUT2D eigenvalue weighted by Crippen LogP contribution is 2.42. The van der Waals surface area contributed by atoms with Gasteiger partial charge in [-0.3, -0.25) is 0 Å². The molecule has 0 radical (unpaired) electrons. The molecule has 17 heavy (non-hydrogen) atoms. The second-order valence-corrected chi connectivity index (χ2v) is 5.63. The van der Waals surface area contributed by atoms with Crippen molar-refractivity contribution in [3.63, 3.8) is 0 Å². The molecule has 1 heteroatoms. The molecule has 0 saturated heterocycles. The Hall–Kier alpha value is -1.11. The Kier molecular flexibility index (Phi) is 2.78. The molecule has 90 valence electrons. The smallest absolute Gasteiger partial charge is 0.130 e. The predicted octanol–water partition coefficient (Wildman–Crippen LogP) is 3.58. The van der Waals surface area contributed by atoms with E-state index in [1.165, 1.54) is 61.5 Å².